The Bertz CT molecular complexity index is 1550. The van der Waals surface area contributed by atoms with E-state index in [0.717, 1.165) is 69.3 Å². The van der Waals surface area contributed by atoms with Gasteiger partial charge < -0.3 is 19.1 Å². The van der Waals surface area contributed by atoms with Crippen LogP contribution in [0.25, 0.3) is 11.0 Å². The number of rotatable bonds is 13. The van der Waals surface area contributed by atoms with E-state index in [2.05, 4.69) is 46.2 Å². The number of fused-ring (bicyclic) bond motifs is 1. The molecule has 0 N–H and O–H groups in total. The Morgan fingerprint density at radius 1 is 0.886 bits per heavy atom. The van der Waals surface area contributed by atoms with Crippen LogP contribution in [0.4, 0.5) is 0 Å². The van der Waals surface area contributed by atoms with Gasteiger partial charge in [0.15, 0.2) is 5.82 Å². The minimum absolute atomic E-state index is 0.0401. The first-order valence-corrected chi connectivity index (χ1v) is 16.2. The number of benzene rings is 3. The molecule has 230 valence electrons. The number of nitrogens with zero attached hydrogens (tertiary/aromatic N) is 4. The summed E-state index contributed by atoms with van der Waals surface area (Å²) in [7, 11) is 0. The largest absolute Gasteiger partial charge is 0.380 e. The molecule has 1 amide bonds. The lowest BCUT2D eigenvalue weighted by Gasteiger charge is -2.35. The Labute approximate surface area is 260 Å². The van der Waals surface area contributed by atoms with Gasteiger partial charge in [0.25, 0.3) is 0 Å². The van der Waals surface area contributed by atoms with Crippen LogP contribution in [0.3, 0.4) is 0 Å². The highest BCUT2D eigenvalue weighted by Crippen LogP contribution is 2.40. The number of ether oxygens (including phenoxy) is 1. The minimum Gasteiger partial charge on any atom is -0.380 e. The maximum Gasteiger partial charge on any atom is 0.229 e. The van der Waals surface area contributed by atoms with Crippen molar-refractivity contribution < 1.29 is 14.3 Å². The maximum absolute atomic E-state index is 14.1. The first kappa shape index (κ1) is 30.2. The molecule has 0 radical (unpaired) electrons. The van der Waals surface area contributed by atoms with Gasteiger partial charge in [-0.3, -0.25) is 9.59 Å². The molecule has 1 atom stereocenters. The predicted molar refractivity (Wildman–Crippen MR) is 173 cm³/mol. The monoisotopic (exact) mass is 592 g/mol. The third-order valence-electron chi connectivity index (χ3n) is 9.61. The van der Waals surface area contributed by atoms with Crippen molar-refractivity contribution in [3.63, 3.8) is 0 Å². The summed E-state index contributed by atoms with van der Waals surface area (Å²) in [6, 6.07) is 28.7. The van der Waals surface area contributed by atoms with Crippen LogP contribution < -0.4 is 0 Å². The molecule has 0 bridgehead atoms. The molecule has 2 saturated heterocycles. The molecule has 44 heavy (non-hydrogen) atoms. The van der Waals surface area contributed by atoms with Crippen LogP contribution >= 0.6 is 0 Å². The second kappa shape index (κ2) is 13.9. The summed E-state index contributed by atoms with van der Waals surface area (Å²) in [6.07, 6.45) is 4.10. The highest BCUT2D eigenvalue weighted by molar-refractivity contribution is 5.98. The van der Waals surface area contributed by atoms with E-state index in [-0.39, 0.29) is 17.6 Å². The van der Waals surface area contributed by atoms with E-state index in [1.54, 1.807) is 0 Å². The zero-order chi connectivity index (χ0) is 30.4. The quantitative estimate of drug-likeness (QED) is 0.140. The number of para-hydroxylation sites is 2. The molecule has 2 aliphatic heterocycles. The van der Waals surface area contributed by atoms with E-state index in [1.807, 2.05) is 60.0 Å². The van der Waals surface area contributed by atoms with Crippen molar-refractivity contribution in [1.29, 1.82) is 0 Å². The Hall–Kier alpha value is -3.81. The molecular formula is C37H44N4O3. The summed E-state index contributed by atoms with van der Waals surface area (Å²) in [4.78, 5) is 37.1. The van der Waals surface area contributed by atoms with Crippen LogP contribution in [0.15, 0.2) is 84.9 Å². The second-order valence-electron chi connectivity index (χ2n) is 12.4. The zero-order valence-corrected chi connectivity index (χ0v) is 25.9. The normalized spacial score (nSPS) is 19.7. The number of Topliss-reactive ketones (excluding diaryl/α,β-unsaturated/α-hetero) is 1. The average Bonchev–Trinajstić information content (AvgIpc) is 3.58. The fraction of sp³-hybridized carbons (Fsp3) is 0.432. The average molecular weight is 593 g/mol. The van der Waals surface area contributed by atoms with Crippen LogP contribution in [0.1, 0.15) is 54.4 Å². The van der Waals surface area contributed by atoms with Crippen LogP contribution in [-0.4, -0.2) is 70.4 Å². The second-order valence-corrected chi connectivity index (χ2v) is 12.4. The Balaban J connectivity index is 1.10. The standard InChI is InChI=1S/C37H44N4O3/c1-2-44-26-25-41-33-16-10-9-15-32(33)38-35(41)34(42)31-17-21-39(22-18-31)23-19-37(27-29-11-5-3-6-12-29)20-24-40(36(37)43)28-30-13-7-4-8-14-30/h3-16,31H,2,17-28H2,1H3. The Morgan fingerprint density at radius 2 is 1.57 bits per heavy atom. The first-order valence-electron chi connectivity index (χ1n) is 16.2. The lowest BCUT2D eigenvalue weighted by molar-refractivity contribution is -0.137. The van der Waals surface area contributed by atoms with Crippen LogP contribution in [0, 0.1) is 11.3 Å². The van der Waals surface area contributed by atoms with E-state index in [9.17, 15) is 9.59 Å². The van der Waals surface area contributed by atoms with Crippen LogP contribution in [0.2, 0.25) is 0 Å². The van der Waals surface area contributed by atoms with Crippen molar-refractivity contribution in [3.05, 3.63) is 102 Å². The molecule has 1 unspecified atom stereocenters. The first-order chi connectivity index (χ1) is 21.6. The number of carbonyl (C=O) groups is 2. The number of aromatic nitrogens is 2. The minimum atomic E-state index is -0.395. The van der Waals surface area contributed by atoms with Crippen molar-refractivity contribution in [2.45, 2.75) is 52.1 Å². The number of amides is 1. The predicted octanol–water partition coefficient (Wildman–Crippen LogP) is 6.02. The van der Waals surface area contributed by atoms with Crippen molar-refractivity contribution in [3.8, 4) is 0 Å². The molecule has 2 aliphatic rings. The SMILES string of the molecule is CCOCCn1c(C(=O)C2CCN(CCC3(Cc4ccccc4)CCN(Cc4ccccc4)C3=O)CC2)nc2ccccc21. The highest BCUT2D eigenvalue weighted by atomic mass is 16.5. The van der Waals surface area contributed by atoms with Crippen molar-refractivity contribution in [2.75, 3.05) is 39.4 Å². The van der Waals surface area contributed by atoms with Crippen molar-refractivity contribution in [1.82, 2.24) is 19.4 Å². The van der Waals surface area contributed by atoms with E-state index in [0.29, 0.717) is 32.1 Å². The Morgan fingerprint density at radius 3 is 2.30 bits per heavy atom. The van der Waals surface area contributed by atoms with Crippen LogP contribution in [0.5, 0.6) is 0 Å². The number of piperidine rings is 1. The van der Waals surface area contributed by atoms with Crippen LogP contribution in [-0.2, 0) is 29.0 Å². The summed E-state index contributed by atoms with van der Waals surface area (Å²) in [5, 5.41) is 0. The molecule has 0 aliphatic carbocycles. The topological polar surface area (TPSA) is 67.7 Å². The lowest BCUT2D eigenvalue weighted by Crippen LogP contribution is -2.42. The molecular weight excluding hydrogens is 548 g/mol. The van der Waals surface area contributed by atoms with E-state index in [4.69, 9.17) is 9.72 Å². The molecule has 2 fully saturated rings. The zero-order valence-electron chi connectivity index (χ0n) is 25.9. The van der Waals surface area contributed by atoms with Gasteiger partial charge in [0, 0.05) is 32.2 Å². The summed E-state index contributed by atoms with van der Waals surface area (Å²) in [5.41, 5.74) is 3.84. The third-order valence-corrected chi connectivity index (χ3v) is 9.61. The molecule has 3 aromatic carbocycles. The molecule has 3 heterocycles. The molecule has 0 saturated carbocycles. The number of imidazole rings is 1. The van der Waals surface area contributed by atoms with Crippen molar-refractivity contribution in [2.24, 2.45) is 11.3 Å². The number of hydrogen-bond acceptors (Lipinski definition) is 5. The molecule has 1 aromatic heterocycles. The number of carbonyl (C=O) groups excluding carboxylic acids is 2. The molecule has 7 nitrogen and oxygen atoms in total. The van der Waals surface area contributed by atoms with Gasteiger partial charge in [0.2, 0.25) is 11.7 Å². The van der Waals surface area contributed by atoms with Gasteiger partial charge >= 0.3 is 0 Å². The molecule has 6 rings (SSSR count). The van der Waals surface area contributed by atoms with Gasteiger partial charge in [-0.1, -0.05) is 72.8 Å². The lowest BCUT2D eigenvalue weighted by atomic mass is 9.77. The summed E-state index contributed by atoms with van der Waals surface area (Å²) in [6.45, 7) is 7.86. The van der Waals surface area contributed by atoms with Gasteiger partial charge in [0.1, 0.15) is 0 Å². The number of ketones is 1. The maximum atomic E-state index is 14.1. The third kappa shape index (κ3) is 6.64. The van der Waals surface area contributed by atoms with Crippen molar-refractivity contribution >= 4 is 22.7 Å². The fourth-order valence-electron chi connectivity index (χ4n) is 7.08. The van der Waals surface area contributed by atoms with E-state index >= 15 is 0 Å². The molecule has 7 heteroatoms. The summed E-state index contributed by atoms with van der Waals surface area (Å²) < 4.78 is 7.66. The smallest absolute Gasteiger partial charge is 0.229 e. The van der Waals surface area contributed by atoms with E-state index in [1.165, 1.54) is 11.1 Å². The molecule has 4 aromatic rings. The summed E-state index contributed by atoms with van der Waals surface area (Å²) >= 11 is 0. The van der Waals surface area contributed by atoms with E-state index < -0.39 is 5.41 Å². The summed E-state index contributed by atoms with van der Waals surface area (Å²) in [5.74, 6) is 0.935. The van der Waals surface area contributed by atoms with Gasteiger partial charge in [0.05, 0.1) is 23.1 Å². The Kier molecular flexibility index (Phi) is 9.53. The molecule has 0 spiro atoms. The number of hydrogen-bond donors (Lipinski definition) is 0. The van der Waals surface area contributed by atoms with Gasteiger partial charge in [-0.15, -0.1) is 0 Å². The van der Waals surface area contributed by atoms with Gasteiger partial charge in [-0.05, 0) is 81.9 Å². The number of likely N-dealkylation sites (tertiary alicyclic amines) is 2. The van der Waals surface area contributed by atoms with Gasteiger partial charge in [-0.2, -0.15) is 0 Å². The van der Waals surface area contributed by atoms with Gasteiger partial charge in [-0.25, -0.2) is 4.98 Å². The highest BCUT2D eigenvalue weighted by Gasteiger charge is 2.46. The fourth-order valence-corrected chi connectivity index (χ4v) is 7.08.